The summed E-state index contributed by atoms with van der Waals surface area (Å²) in [5, 5.41) is 0. The maximum Gasteiger partial charge on any atom is 1.00 e. The van der Waals surface area contributed by atoms with Crippen molar-refractivity contribution in [3.63, 3.8) is 0 Å². The van der Waals surface area contributed by atoms with Crippen LogP contribution in [-0.2, 0) is 17.1 Å². The van der Waals surface area contributed by atoms with E-state index in [0.29, 0.717) is 13.1 Å². The third-order valence-electron chi connectivity index (χ3n) is 0.167. The molecule has 0 aromatic rings. The predicted octanol–water partition coefficient (Wildman–Crippen LogP) is -6.87. The van der Waals surface area contributed by atoms with Gasteiger partial charge in [-0.2, -0.15) is 0 Å². The van der Waals surface area contributed by atoms with Crippen LogP contribution in [0.5, 0.6) is 0 Å². The molecule has 2 nitrogen and oxygen atoms in total. The molecule has 0 amide bonds. The van der Waals surface area contributed by atoms with Gasteiger partial charge in [0, 0.05) is 30.2 Å². The van der Waals surface area contributed by atoms with Crippen LogP contribution in [0.25, 0.3) is 0 Å². The molecule has 0 bridgehead atoms. The Balaban J connectivity index is -0.00000000450. The van der Waals surface area contributed by atoms with Crippen LogP contribution in [0, 0.1) is 0 Å². The summed E-state index contributed by atoms with van der Waals surface area (Å²) in [6.07, 6.45) is 0. The van der Waals surface area contributed by atoms with E-state index in [1.54, 1.807) is 0 Å². The predicted molar refractivity (Wildman–Crippen MR) is 20.3 cm³/mol. The van der Waals surface area contributed by atoms with E-state index in [1.807, 2.05) is 0 Å². The smallest absolute Gasteiger partial charge is 1.00 e. The van der Waals surface area contributed by atoms with Gasteiger partial charge in [-0.05, 0) is 0 Å². The van der Waals surface area contributed by atoms with Crippen LogP contribution in [0.3, 0.4) is 0 Å². The van der Waals surface area contributed by atoms with Crippen molar-refractivity contribution in [3.05, 3.63) is 0 Å². The van der Waals surface area contributed by atoms with Crippen LogP contribution in [0.2, 0.25) is 0 Å². The van der Waals surface area contributed by atoms with E-state index in [1.165, 1.54) is 0 Å². The van der Waals surface area contributed by atoms with Gasteiger partial charge in [-0.1, -0.05) is 0 Å². The van der Waals surface area contributed by atoms with Crippen molar-refractivity contribution in [3.8, 4) is 0 Å². The molecule has 0 aliphatic heterocycles. The van der Waals surface area contributed by atoms with E-state index in [0.717, 1.165) is 0 Å². The van der Waals surface area contributed by atoms with Gasteiger partial charge in [-0.25, -0.2) is 0 Å². The second-order valence-electron chi connectivity index (χ2n) is 0.577. The van der Waals surface area contributed by atoms with Crippen molar-refractivity contribution in [1.29, 1.82) is 0 Å². The molecule has 0 aromatic carbocycles. The van der Waals surface area contributed by atoms with Gasteiger partial charge in [0.1, 0.15) is 0 Å². The fraction of sp³-hybridized carbons (Fsp3) is 1.00. The molecule has 0 saturated carbocycles. The topological polar surface area (TPSA) is 52.0 Å². The van der Waals surface area contributed by atoms with Crippen molar-refractivity contribution in [2.45, 2.75) is 0 Å². The molecule has 37 valence electrons. The van der Waals surface area contributed by atoms with Crippen LogP contribution in [0.1, 0.15) is 2.85 Å². The van der Waals surface area contributed by atoms with Crippen molar-refractivity contribution in [2.75, 3.05) is 13.1 Å². The second kappa shape index (κ2) is 23.7. The average molecular weight is 163 g/mol. The standard InChI is InChI=1S/C2H8N2.Mn.2Na.2H/c3-1-2-4;;;;;/h1-4H2;;;;;/q;;2*+1;2*-1. The first-order chi connectivity index (χ1) is 1.91. The Labute approximate surface area is 102 Å². The van der Waals surface area contributed by atoms with Crippen molar-refractivity contribution >= 4 is 0 Å². The van der Waals surface area contributed by atoms with E-state index < -0.39 is 0 Å². The number of hydrogen-bond acceptors (Lipinski definition) is 2. The number of rotatable bonds is 1. The molecule has 0 fully saturated rings. The van der Waals surface area contributed by atoms with Crippen molar-refractivity contribution < 1.29 is 79.0 Å². The van der Waals surface area contributed by atoms with Gasteiger partial charge >= 0.3 is 59.1 Å². The maximum atomic E-state index is 4.90. The third-order valence-corrected chi connectivity index (χ3v) is 0.167. The molecule has 0 aliphatic carbocycles. The normalized spacial score (nSPS) is 4.29. The van der Waals surface area contributed by atoms with Crippen LogP contribution >= 0.6 is 0 Å². The Morgan fingerprint density at radius 2 is 1.14 bits per heavy atom. The molecule has 0 saturated heterocycles. The molecule has 0 heterocycles. The zero-order valence-corrected chi connectivity index (χ0v) is 10.1. The van der Waals surface area contributed by atoms with Gasteiger partial charge in [0.25, 0.3) is 0 Å². The van der Waals surface area contributed by atoms with Gasteiger partial charge in [0.05, 0.1) is 0 Å². The molecule has 7 heavy (non-hydrogen) atoms. The van der Waals surface area contributed by atoms with E-state index in [4.69, 9.17) is 11.5 Å². The van der Waals surface area contributed by atoms with E-state index in [9.17, 15) is 0 Å². The molecular weight excluding hydrogens is 153 g/mol. The quantitative estimate of drug-likeness (QED) is 0.377. The summed E-state index contributed by atoms with van der Waals surface area (Å²) in [4.78, 5) is 0. The molecule has 0 spiro atoms. The minimum atomic E-state index is 0. The average Bonchev–Trinajstić information content (AvgIpc) is 1.37. The van der Waals surface area contributed by atoms with Gasteiger partial charge in [0.15, 0.2) is 0 Å². The molecular formula is C2H10MnN2Na2. The molecule has 1 radical (unpaired) electrons. The van der Waals surface area contributed by atoms with E-state index in [-0.39, 0.29) is 79.0 Å². The van der Waals surface area contributed by atoms with Crippen molar-refractivity contribution in [1.82, 2.24) is 0 Å². The van der Waals surface area contributed by atoms with Crippen LogP contribution in [-0.4, -0.2) is 13.1 Å². The van der Waals surface area contributed by atoms with Gasteiger partial charge in [-0.3, -0.25) is 0 Å². The molecule has 0 atom stereocenters. The van der Waals surface area contributed by atoms with Crippen molar-refractivity contribution in [2.24, 2.45) is 11.5 Å². The molecule has 4 N–H and O–H groups in total. The van der Waals surface area contributed by atoms with Crippen LogP contribution in [0.4, 0.5) is 0 Å². The first-order valence-electron chi connectivity index (χ1n) is 1.32. The summed E-state index contributed by atoms with van der Waals surface area (Å²) in [5.41, 5.74) is 9.81. The monoisotopic (exact) mass is 163 g/mol. The van der Waals surface area contributed by atoms with E-state index >= 15 is 0 Å². The van der Waals surface area contributed by atoms with Gasteiger partial charge in [-0.15, -0.1) is 0 Å². The van der Waals surface area contributed by atoms with Gasteiger partial charge < -0.3 is 14.3 Å². The summed E-state index contributed by atoms with van der Waals surface area (Å²) in [6, 6.07) is 0. The second-order valence-corrected chi connectivity index (χ2v) is 0.577. The summed E-state index contributed by atoms with van der Waals surface area (Å²) in [6.45, 7) is 1.19. The Morgan fingerprint density at radius 1 is 1.00 bits per heavy atom. The molecule has 0 aromatic heterocycles. The summed E-state index contributed by atoms with van der Waals surface area (Å²) >= 11 is 0. The largest absolute Gasteiger partial charge is 1.00 e. The Hall–Kier alpha value is 2.44. The fourth-order valence-electron chi connectivity index (χ4n) is 0. The minimum Gasteiger partial charge on any atom is -1.00 e. The zero-order chi connectivity index (χ0) is 3.41. The van der Waals surface area contributed by atoms with E-state index in [2.05, 4.69) is 0 Å². The van der Waals surface area contributed by atoms with Gasteiger partial charge in [0.2, 0.25) is 0 Å². The zero-order valence-electron chi connectivity index (χ0n) is 6.95. The molecule has 0 unspecified atom stereocenters. The Kier molecular flexibility index (Phi) is 76.9. The SMILES string of the molecule is NCCN.[H-].[H-].[Mn].[Na+].[Na+]. The summed E-state index contributed by atoms with van der Waals surface area (Å²) in [7, 11) is 0. The third kappa shape index (κ3) is 29.6. The Bertz CT molecular complexity index is 22.5. The van der Waals surface area contributed by atoms with Crippen LogP contribution in [0.15, 0.2) is 0 Å². The molecule has 0 aliphatic rings. The fourth-order valence-corrected chi connectivity index (χ4v) is 0. The number of nitrogens with two attached hydrogens (primary N) is 2. The summed E-state index contributed by atoms with van der Waals surface area (Å²) in [5.74, 6) is 0. The minimum absolute atomic E-state index is 0. The number of hydrogen-bond donors (Lipinski definition) is 2. The molecule has 0 rings (SSSR count). The van der Waals surface area contributed by atoms with Crippen LogP contribution < -0.4 is 70.6 Å². The summed E-state index contributed by atoms with van der Waals surface area (Å²) < 4.78 is 0. The first kappa shape index (κ1) is 22.7. The Morgan fingerprint density at radius 3 is 1.14 bits per heavy atom. The maximum absolute atomic E-state index is 4.90. The first-order valence-corrected chi connectivity index (χ1v) is 1.32. The molecule has 5 heteroatoms.